The largest absolute Gasteiger partial charge is 0.472 e. The number of aromatic nitrogens is 4. The topological polar surface area (TPSA) is 149 Å². The van der Waals surface area contributed by atoms with Crippen LogP contribution in [0.2, 0.25) is 0 Å². The fraction of sp³-hybridized carbons (Fsp3) is 0.500. The van der Waals surface area contributed by atoms with E-state index in [1.807, 2.05) is 0 Å². The van der Waals surface area contributed by atoms with E-state index in [4.69, 9.17) is 9.26 Å². The normalized spacial score (nSPS) is 36.6. The molecule has 0 spiro atoms. The Labute approximate surface area is 150 Å². The molecule has 5 atom stereocenters. The van der Waals surface area contributed by atoms with Gasteiger partial charge in [-0.3, -0.25) is 18.4 Å². The monoisotopic (exact) mass is 353 g/mol. The molecule has 0 saturated carbocycles. The van der Waals surface area contributed by atoms with Crippen LogP contribution in [0.4, 0.5) is 0 Å². The van der Waals surface area contributed by atoms with Crippen molar-refractivity contribution in [3.63, 3.8) is 0 Å². The first-order valence-corrected chi connectivity index (χ1v) is 7.85. The summed E-state index contributed by atoms with van der Waals surface area (Å²) in [6.07, 6.45) is -1.43. The zero-order valence-corrected chi connectivity index (χ0v) is 14.8. The summed E-state index contributed by atoms with van der Waals surface area (Å²) in [6, 6.07) is 0. The van der Waals surface area contributed by atoms with Crippen molar-refractivity contribution in [3.05, 3.63) is 23.0 Å². The fourth-order valence-corrected chi connectivity index (χ4v) is 3.58. The molecule has 0 aliphatic carbocycles. The van der Waals surface area contributed by atoms with Crippen molar-refractivity contribution in [2.75, 3.05) is 6.61 Å². The Balaban J connectivity index is 0.00000156. The number of nitrogens with zero attached hydrogens (tertiary/aromatic N) is 3. The summed E-state index contributed by atoms with van der Waals surface area (Å²) in [7, 11) is -4.19. The number of imidazole rings is 1. The second kappa shape index (κ2) is 6.03. The summed E-state index contributed by atoms with van der Waals surface area (Å²) in [5.74, 6) is 0. The molecule has 4 heterocycles. The summed E-state index contributed by atoms with van der Waals surface area (Å²) in [5, 5.41) is 10.3. The van der Waals surface area contributed by atoms with E-state index < -0.39 is 37.9 Å². The number of fused-ring (bicyclic) bond motifs is 2. The van der Waals surface area contributed by atoms with Crippen LogP contribution in [0.15, 0.2) is 17.4 Å². The minimum Gasteiger partial charge on any atom is -0.386 e. The second-order valence-corrected chi connectivity index (χ2v) is 6.35. The SMILES string of the molecule is O=c1[nH]cnc2c1ncn2[C@@H]1O[C@@H]2COP(=O)(O)O[C@H]2[C@H]1O.[Na]. The Hall–Kier alpha value is -0.620. The average molecular weight is 353 g/mol. The van der Waals surface area contributed by atoms with Gasteiger partial charge in [0.2, 0.25) is 0 Å². The van der Waals surface area contributed by atoms with E-state index in [0.717, 1.165) is 0 Å². The first-order valence-electron chi connectivity index (χ1n) is 6.36. The molecule has 3 N–H and O–H groups in total. The quantitative estimate of drug-likeness (QED) is 0.412. The molecule has 11 nitrogen and oxygen atoms in total. The predicted octanol–water partition coefficient (Wildman–Crippen LogP) is -1.49. The fourth-order valence-electron chi connectivity index (χ4n) is 2.61. The van der Waals surface area contributed by atoms with Gasteiger partial charge in [-0.2, -0.15) is 0 Å². The van der Waals surface area contributed by atoms with Crippen LogP contribution in [0.1, 0.15) is 6.23 Å². The minimum atomic E-state index is -4.19. The van der Waals surface area contributed by atoms with Crippen molar-refractivity contribution in [3.8, 4) is 0 Å². The van der Waals surface area contributed by atoms with E-state index in [2.05, 4.69) is 19.5 Å². The van der Waals surface area contributed by atoms with Crippen LogP contribution in [0, 0.1) is 0 Å². The van der Waals surface area contributed by atoms with Crippen LogP contribution < -0.4 is 5.56 Å². The third kappa shape index (κ3) is 2.82. The number of H-pyrrole nitrogens is 1. The number of aliphatic hydroxyl groups is 1. The van der Waals surface area contributed by atoms with Gasteiger partial charge in [-0.15, -0.1) is 0 Å². The maximum atomic E-state index is 11.6. The number of rotatable bonds is 1. The summed E-state index contributed by atoms with van der Waals surface area (Å²) in [4.78, 5) is 31.3. The summed E-state index contributed by atoms with van der Waals surface area (Å²) in [5.41, 5.74) is -0.106. The third-order valence-corrected chi connectivity index (χ3v) is 4.59. The van der Waals surface area contributed by atoms with E-state index in [-0.39, 0.29) is 47.3 Å². The molecule has 2 fully saturated rings. The van der Waals surface area contributed by atoms with Gasteiger partial charge in [-0.1, -0.05) is 0 Å². The molecule has 0 bridgehead atoms. The van der Waals surface area contributed by atoms with Crippen LogP contribution in [0.3, 0.4) is 0 Å². The number of aliphatic hydroxyl groups excluding tert-OH is 1. The molecular formula is C10H11N4NaO7P. The second-order valence-electron chi connectivity index (χ2n) is 4.95. The van der Waals surface area contributed by atoms with E-state index >= 15 is 0 Å². The number of phosphoric acid groups is 1. The molecule has 119 valence electrons. The van der Waals surface area contributed by atoms with Crippen molar-refractivity contribution < 1.29 is 28.3 Å². The molecule has 13 heteroatoms. The third-order valence-electron chi connectivity index (χ3n) is 3.61. The van der Waals surface area contributed by atoms with Gasteiger partial charge in [0.1, 0.15) is 18.3 Å². The van der Waals surface area contributed by atoms with Crippen molar-refractivity contribution >= 4 is 48.5 Å². The van der Waals surface area contributed by atoms with Crippen molar-refractivity contribution in [1.29, 1.82) is 0 Å². The summed E-state index contributed by atoms with van der Waals surface area (Å²) >= 11 is 0. The number of hydrogen-bond acceptors (Lipinski definition) is 8. The number of ether oxygens (including phenoxy) is 1. The zero-order valence-electron chi connectivity index (χ0n) is 11.9. The number of hydrogen-bond donors (Lipinski definition) is 3. The molecule has 1 unspecified atom stereocenters. The van der Waals surface area contributed by atoms with Crippen LogP contribution in [-0.4, -0.2) is 84.0 Å². The number of nitrogens with one attached hydrogen (secondary N) is 1. The van der Waals surface area contributed by atoms with Gasteiger partial charge in [0.25, 0.3) is 5.56 Å². The molecule has 23 heavy (non-hydrogen) atoms. The van der Waals surface area contributed by atoms with Gasteiger partial charge < -0.3 is 19.7 Å². The molecule has 2 saturated heterocycles. The Morgan fingerprint density at radius 1 is 1.43 bits per heavy atom. The van der Waals surface area contributed by atoms with Crippen molar-refractivity contribution in [2.24, 2.45) is 0 Å². The smallest absolute Gasteiger partial charge is 0.386 e. The molecule has 1 radical (unpaired) electrons. The first-order chi connectivity index (χ1) is 10.5. The van der Waals surface area contributed by atoms with Crippen LogP contribution in [0.25, 0.3) is 11.2 Å². The predicted molar refractivity (Wildman–Crippen MR) is 74.5 cm³/mol. The Morgan fingerprint density at radius 3 is 3.00 bits per heavy atom. The molecule has 2 aromatic rings. The minimum absolute atomic E-state index is 0. The van der Waals surface area contributed by atoms with Crippen molar-refractivity contribution in [1.82, 2.24) is 19.5 Å². The van der Waals surface area contributed by atoms with Gasteiger partial charge in [-0.05, 0) is 0 Å². The van der Waals surface area contributed by atoms with Crippen molar-refractivity contribution in [2.45, 2.75) is 24.5 Å². The van der Waals surface area contributed by atoms with E-state index in [0.29, 0.717) is 0 Å². The van der Waals surface area contributed by atoms with Gasteiger partial charge in [0.05, 0.1) is 19.3 Å². The summed E-state index contributed by atoms with van der Waals surface area (Å²) in [6.45, 7) is -0.188. The Morgan fingerprint density at radius 2 is 2.22 bits per heavy atom. The Kier molecular flexibility index (Phi) is 4.51. The maximum Gasteiger partial charge on any atom is 0.472 e. The zero-order chi connectivity index (χ0) is 15.5. The molecule has 2 aliphatic rings. The van der Waals surface area contributed by atoms with Crippen LogP contribution >= 0.6 is 7.82 Å². The summed E-state index contributed by atoms with van der Waals surface area (Å²) < 4.78 is 27.9. The average Bonchev–Trinajstić information content (AvgIpc) is 3.01. The first kappa shape index (κ1) is 17.2. The molecule has 2 aliphatic heterocycles. The van der Waals surface area contributed by atoms with Gasteiger partial charge in [0, 0.05) is 29.6 Å². The van der Waals surface area contributed by atoms with Gasteiger partial charge >= 0.3 is 7.82 Å². The molecule has 0 aromatic carbocycles. The van der Waals surface area contributed by atoms with Gasteiger partial charge in [0.15, 0.2) is 17.4 Å². The van der Waals surface area contributed by atoms with Crippen LogP contribution in [0.5, 0.6) is 0 Å². The van der Waals surface area contributed by atoms with Gasteiger partial charge in [-0.25, -0.2) is 14.5 Å². The van der Waals surface area contributed by atoms with E-state index in [1.165, 1.54) is 17.2 Å². The number of phosphoric ester groups is 1. The standard InChI is InChI=1S/C10H11N4O7P.Na/c15-6-7-4(1-19-22(17,18)21-7)20-10(6)14-3-13-5-8(14)11-2-12-9(5)16;/h2-4,6-7,10,15H,1H2,(H,17,18)(H,11,12,16);/t4-,6-,7-,10-;/m1./s1. The van der Waals surface area contributed by atoms with E-state index in [1.54, 1.807) is 0 Å². The number of aromatic amines is 1. The molecular weight excluding hydrogens is 342 g/mol. The molecule has 4 rings (SSSR count). The molecule has 0 amide bonds. The maximum absolute atomic E-state index is 11.6. The molecule has 2 aromatic heterocycles. The van der Waals surface area contributed by atoms with E-state index in [9.17, 15) is 19.4 Å². The Bertz CT molecular complexity index is 840. The van der Waals surface area contributed by atoms with Crippen LogP contribution in [-0.2, 0) is 18.3 Å².